The fraction of sp³-hybridized carbons (Fsp3) is 0.857. The van der Waals surface area contributed by atoms with Gasteiger partial charge in [-0.05, 0) is 25.7 Å². The quantitative estimate of drug-likeness (QED) is 0.788. The SMILES string of the molecule is N#C[C@@H]1CCCN1C(=O)CNC1(CO)CCCCC1. The van der Waals surface area contributed by atoms with Crippen molar-refractivity contribution in [1.29, 1.82) is 5.26 Å². The molecule has 5 nitrogen and oxygen atoms in total. The number of hydrogen-bond donors (Lipinski definition) is 2. The van der Waals surface area contributed by atoms with Crippen LogP contribution in [0.2, 0.25) is 0 Å². The summed E-state index contributed by atoms with van der Waals surface area (Å²) < 4.78 is 0. The number of rotatable bonds is 4. The zero-order valence-electron chi connectivity index (χ0n) is 11.4. The Bertz CT molecular complexity index is 358. The van der Waals surface area contributed by atoms with Gasteiger partial charge in [0.05, 0.1) is 19.2 Å². The molecule has 0 spiro atoms. The summed E-state index contributed by atoms with van der Waals surface area (Å²) in [5.41, 5.74) is -0.282. The molecule has 0 bridgehead atoms. The molecule has 0 unspecified atom stereocenters. The first-order valence-electron chi connectivity index (χ1n) is 7.26. The second-order valence-corrected chi connectivity index (χ2v) is 5.73. The first-order valence-corrected chi connectivity index (χ1v) is 7.26. The normalized spacial score (nSPS) is 26.1. The molecule has 1 saturated heterocycles. The van der Waals surface area contributed by atoms with Gasteiger partial charge in [-0.15, -0.1) is 0 Å². The second-order valence-electron chi connectivity index (χ2n) is 5.73. The monoisotopic (exact) mass is 265 g/mol. The molecule has 2 N–H and O–H groups in total. The van der Waals surface area contributed by atoms with Crippen LogP contribution in [0.1, 0.15) is 44.9 Å². The van der Waals surface area contributed by atoms with E-state index in [1.807, 2.05) is 0 Å². The minimum atomic E-state index is -0.282. The summed E-state index contributed by atoms with van der Waals surface area (Å²) in [6.45, 7) is 1.01. The van der Waals surface area contributed by atoms with Gasteiger partial charge in [0.25, 0.3) is 0 Å². The molecular weight excluding hydrogens is 242 g/mol. The summed E-state index contributed by atoms with van der Waals surface area (Å²) in [6, 6.07) is 1.93. The maximum Gasteiger partial charge on any atom is 0.237 e. The summed E-state index contributed by atoms with van der Waals surface area (Å²) in [6.07, 6.45) is 6.97. The lowest BCUT2D eigenvalue weighted by atomic mass is 9.82. The van der Waals surface area contributed by atoms with E-state index >= 15 is 0 Å². The highest BCUT2D eigenvalue weighted by Gasteiger charge is 2.33. The van der Waals surface area contributed by atoms with E-state index in [0.717, 1.165) is 38.5 Å². The van der Waals surface area contributed by atoms with Crippen LogP contribution >= 0.6 is 0 Å². The van der Waals surface area contributed by atoms with Gasteiger partial charge in [-0.2, -0.15) is 5.26 Å². The van der Waals surface area contributed by atoms with Crippen LogP contribution in [0.25, 0.3) is 0 Å². The van der Waals surface area contributed by atoms with E-state index in [2.05, 4.69) is 11.4 Å². The maximum absolute atomic E-state index is 12.1. The molecule has 0 aromatic rings. The summed E-state index contributed by atoms with van der Waals surface area (Å²) in [4.78, 5) is 13.8. The first-order chi connectivity index (χ1) is 9.21. The van der Waals surface area contributed by atoms with E-state index < -0.39 is 0 Å². The Morgan fingerprint density at radius 2 is 2.11 bits per heavy atom. The summed E-state index contributed by atoms with van der Waals surface area (Å²) >= 11 is 0. The molecule has 1 heterocycles. The molecule has 2 fully saturated rings. The molecule has 1 aliphatic carbocycles. The van der Waals surface area contributed by atoms with E-state index in [1.54, 1.807) is 4.90 Å². The Hall–Kier alpha value is -1.12. The minimum Gasteiger partial charge on any atom is -0.394 e. The fourth-order valence-corrected chi connectivity index (χ4v) is 3.18. The number of likely N-dealkylation sites (tertiary alicyclic amines) is 1. The lowest BCUT2D eigenvalue weighted by molar-refractivity contribution is -0.130. The summed E-state index contributed by atoms with van der Waals surface area (Å²) in [5.74, 6) is -0.0116. The van der Waals surface area contributed by atoms with Gasteiger partial charge in [0.15, 0.2) is 0 Å². The third-order valence-corrected chi connectivity index (χ3v) is 4.45. The molecule has 106 valence electrons. The number of nitriles is 1. The highest BCUT2D eigenvalue weighted by atomic mass is 16.3. The number of hydrogen-bond acceptors (Lipinski definition) is 4. The van der Waals surface area contributed by atoms with Crippen LogP contribution in [0, 0.1) is 11.3 Å². The van der Waals surface area contributed by atoms with Gasteiger partial charge >= 0.3 is 0 Å². The standard InChI is InChI=1S/C14H23N3O2/c15-9-12-5-4-8-17(12)13(19)10-16-14(11-18)6-2-1-3-7-14/h12,16,18H,1-8,10-11H2/t12-/m0/s1. The fourth-order valence-electron chi connectivity index (χ4n) is 3.18. The molecule has 1 aliphatic heterocycles. The molecule has 0 aromatic carbocycles. The van der Waals surface area contributed by atoms with Crippen molar-refractivity contribution in [3.63, 3.8) is 0 Å². The van der Waals surface area contributed by atoms with Crippen LogP contribution in [-0.2, 0) is 4.79 Å². The number of aliphatic hydroxyl groups is 1. The van der Waals surface area contributed by atoms with Gasteiger partial charge in [0, 0.05) is 12.1 Å². The summed E-state index contributed by atoms with van der Waals surface area (Å²) in [5, 5.41) is 21.8. The first kappa shape index (κ1) is 14.3. The number of nitrogens with one attached hydrogen (secondary N) is 1. The zero-order chi connectivity index (χ0) is 13.7. The smallest absolute Gasteiger partial charge is 0.237 e. The molecule has 19 heavy (non-hydrogen) atoms. The molecule has 2 aliphatic rings. The molecule has 1 atom stereocenters. The van der Waals surface area contributed by atoms with E-state index in [4.69, 9.17) is 5.26 Å². The highest BCUT2D eigenvalue weighted by molar-refractivity contribution is 5.79. The van der Waals surface area contributed by atoms with E-state index in [9.17, 15) is 9.90 Å². The lowest BCUT2D eigenvalue weighted by Gasteiger charge is -2.37. The lowest BCUT2D eigenvalue weighted by Crippen LogP contribution is -2.53. The number of nitrogens with zero attached hydrogens (tertiary/aromatic N) is 2. The van der Waals surface area contributed by atoms with Gasteiger partial charge < -0.3 is 15.3 Å². The Kier molecular flexibility index (Phi) is 4.78. The van der Waals surface area contributed by atoms with Crippen molar-refractivity contribution >= 4 is 5.91 Å². The predicted molar refractivity (Wildman–Crippen MR) is 71.3 cm³/mol. The minimum absolute atomic E-state index is 0.0116. The van der Waals surface area contributed by atoms with Crippen molar-refractivity contribution < 1.29 is 9.90 Å². The van der Waals surface area contributed by atoms with Gasteiger partial charge in [0.1, 0.15) is 6.04 Å². The van der Waals surface area contributed by atoms with Crippen LogP contribution < -0.4 is 5.32 Å². The molecular formula is C14H23N3O2. The van der Waals surface area contributed by atoms with E-state index in [1.165, 1.54) is 6.42 Å². The van der Waals surface area contributed by atoms with Crippen molar-refractivity contribution in [2.24, 2.45) is 0 Å². The van der Waals surface area contributed by atoms with E-state index in [0.29, 0.717) is 6.54 Å². The largest absolute Gasteiger partial charge is 0.394 e. The van der Waals surface area contributed by atoms with Gasteiger partial charge in [-0.25, -0.2) is 0 Å². The average molecular weight is 265 g/mol. The van der Waals surface area contributed by atoms with Crippen molar-refractivity contribution in [2.45, 2.75) is 56.5 Å². The maximum atomic E-state index is 12.1. The molecule has 1 saturated carbocycles. The Balaban J connectivity index is 1.87. The van der Waals surface area contributed by atoms with Crippen LogP contribution in [0.3, 0.4) is 0 Å². The number of aliphatic hydroxyl groups excluding tert-OH is 1. The van der Waals surface area contributed by atoms with Crippen LogP contribution in [0.5, 0.6) is 0 Å². The van der Waals surface area contributed by atoms with Gasteiger partial charge in [-0.3, -0.25) is 4.79 Å². The zero-order valence-corrected chi connectivity index (χ0v) is 11.4. The topological polar surface area (TPSA) is 76.4 Å². The highest BCUT2D eigenvalue weighted by Crippen LogP contribution is 2.27. The molecule has 0 radical (unpaired) electrons. The molecule has 2 rings (SSSR count). The second kappa shape index (κ2) is 6.36. The Morgan fingerprint density at radius 3 is 2.74 bits per heavy atom. The number of amides is 1. The third kappa shape index (κ3) is 3.26. The van der Waals surface area contributed by atoms with Crippen LogP contribution in [0.4, 0.5) is 0 Å². The Morgan fingerprint density at radius 1 is 1.37 bits per heavy atom. The molecule has 1 amide bonds. The average Bonchev–Trinajstić information content (AvgIpc) is 2.94. The van der Waals surface area contributed by atoms with Crippen LogP contribution in [-0.4, -0.2) is 47.2 Å². The molecule has 0 aromatic heterocycles. The van der Waals surface area contributed by atoms with Crippen molar-refractivity contribution in [1.82, 2.24) is 10.2 Å². The summed E-state index contributed by atoms with van der Waals surface area (Å²) in [7, 11) is 0. The third-order valence-electron chi connectivity index (χ3n) is 4.45. The van der Waals surface area contributed by atoms with Crippen molar-refractivity contribution in [2.75, 3.05) is 19.7 Å². The van der Waals surface area contributed by atoms with Crippen molar-refractivity contribution in [3.05, 3.63) is 0 Å². The van der Waals surface area contributed by atoms with Gasteiger partial charge in [-0.1, -0.05) is 19.3 Å². The molecule has 5 heteroatoms. The number of carbonyl (C=O) groups excluding carboxylic acids is 1. The van der Waals surface area contributed by atoms with Crippen LogP contribution in [0.15, 0.2) is 0 Å². The van der Waals surface area contributed by atoms with Crippen molar-refractivity contribution in [3.8, 4) is 6.07 Å². The number of carbonyl (C=O) groups is 1. The van der Waals surface area contributed by atoms with E-state index in [-0.39, 0.29) is 30.6 Å². The Labute approximate surface area is 114 Å². The van der Waals surface area contributed by atoms with Gasteiger partial charge in [0.2, 0.25) is 5.91 Å². The predicted octanol–water partition coefficient (Wildman–Crippen LogP) is 0.786.